The summed E-state index contributed by atoms with van der Waals surface area (Å²) in [4.78, 5) is 36.7. The van der Waals surface area contributed by atoms with Crippen molar-refractivity contribution < 1.29 is 38.2 Å². The highest BCUT2D eigenvalue weighted by Gasteiger charge is 2.25. The minimum Gasteiger partial charge on any atom is -0.544 e. The molecule has 0 heterocycles. The van der Waals surface area contributed by atoms with Gasteiger partial charge >= 0.3 is 11.9 Å². The molecule has 8 nitrogen and oxygen atoms in total. The fourth-order valence-corrected chi connectivity index (χ4v) is 5.14. The smallest absolute Gasteiger partial charge is 0.306 e. The molecule has 0 aliphatic carbocycles. The number of carboxylic acid groups (broad SMARTS) is 1. The van der Waals surface area contributed by atoms with Crippen molar-refractivity contribution in [3.63, 3.8) is 0 Å². The number of carbonyl (C=O) groups excluding carboxylic acids is 3. The molecule has 0 spiro atoms. The van der Waals surface area contributed by atoms with Crippen molar-refractivity contribution >= 4 is 17.9 Å². The van der Waals surface area contributed by atoms with Gasteiger partial charge in [-0.25, -0.2) is 0 Å². The summed E-state index contributed by atoms with van der Waals surface area (Å²) in [6.07, 6.45) is 43.2. The zero-order valence-electron chi connectivity index (χ0n) is 33.2. The third kappa shape index (κ3) is 32.4. The van der Waals surface area contributed by atoms with Crippen LogP contribution in [0.25, 0.3) is 0 Å². The highest BCUT2D eigenvalue weighted by Crippen LogP contribution is 2.12. The summed E-state index contributed by atoms with van der Waals surface area (Å²) in [6.45, 7) is 4.30. The molecule has 8 heteroatoms. The molecule has 52 heavy (non-hydrogen) atoms. The van der Waals surface area contributed by atoms with E-state index in [1.807, 2.05) is 36.5 Å². The Hall–Kier alpha value is -3.49. The summed E-state index contributed by atoms with van der Waals surface area (Å²) in [6, 6.07) is -0.739. The number of ether oxygens (including phenoxy) is 3. The number of allylic oxidation sites excluding steroid dienone is 14. The van der Waals surface area contributed by atoms with Gasteiger partial charge in [0.2, 0.25) is 0 Å². The van der Waals surface area contributed by atoms with Crippen LogP contribution in [0.15, 0.2) is 85.1 Å². The highest BCUT2D eigenvalue weighted by atomic mass is 16.6. The maximum Gasteiger partial charge on any atom is 0.306 e. The second-order valence-corrected chi connectivity index (χ2v) is 13.9. The molecule has 0 aliphatic heterocycles. The molecular weight excluding hydrogens is 654 g/mol. The van der Waals surface area contributed by atoms with E-state index >= 15 is 0 Å². The SMILES string of the molecule is CC/C=C/C=C/C=C/C=C/CCCCCC(=O)OC(COCCC(C(=O)[O-])[N+](C)(C)C)COC(=O)CCCCCCCCC/C=C/C=C/C=C/CC. The minimum atomic E-state index is -1.14. The Balaban J connectivity index is 4.50. The Morgan fingerprint density at radius 2 is 1.02 bits per heavy atom. The molecule has 0 amide bonds. The monoisotopic (exact) mass is 726 g/mol. The maximum absolute atomic E-state index is 12.6. The van der Waals surface area contributed by atoms with Gasteiger partial charge in [-0.1, -0.05) is 137 Å². The van der Waals surface area contributed by atoms with Crippen molar-refractivity contribution in [2.45, 2.75) is 135 Å². The van der Waals surface area contributed by atoms with Gasteiger partial charge in [-0.3, -0.25) is 9.59 Å². The summed E-state index contributed by atoms with van der Waals surface area (Å²) in [5.74, 6) is -1.82. The first-order valence-corrected chi connectivity index (χ1v) is 19.7. The van der Waals surface area contributed by atoms with E-state index in [0.29, 0.717) is 12.8 Å². The normalized spacial score (nSPS) is 13.9. The van der Waals surface area contributed by atoms with Gasteiger partial charge in [0, 0.05) is 19.3 Å². The number of rotatable bonds is 33. The molecule has 0 N–H and O–H groups in total. The second kappa shape index (κ2) is 34.6. The fourth-order valence-electron chi connectivity index (χ4n) is 5.14. The molecule has 2 unspecified atom stereocenters. The van der Waals surface area contributed by atoms with E-state index < -0.39 is 18.1 Å². The number of nitrogens with zero attached hydrogens (tertiary/aromatic N) is 1. The van der Waals surface area contributed by atoms with Crippen molar-refractivity contribution in [1.82, 2.24) is 0 Å². The summed E-state index contributed by atoms with van der Waals surface area (Å²) in [5.41, 5.74) is 0. The Kier molecular flexibility index (Phi) is 32.3. The van der Waals surface area contributed by atoms with E-state index in [-0.39, 0.29) is 49.1 Å². The van der Waals surface area contributed by atoms with Crippen LogP contribution in [0.4, 0.5) is 0 Å². The zero-order chi connectivity index (χ0) is 38.5. The van der Waals surface area contributed by atoms with Crippen LogP contribution in [0.3, 0.4) is 0 Å². The molecule has 0 rings (SSSR count). The van der Waals surface area contributed by atoms with Crippen LogP contribution in [0.1, 0.15) is 123 Å². The third-order valence-electron chi connectivity index (χ3n) is 8.18. The lowest BCUT2D eigenvalue weighted by Crippen LogP contribution is -2.55. The maximum atomic E-state index is 12.6. The molecule has 0 saturated carbocycles. The minimum absolute atomic E-state index is 0.0150. The van der Waals surface area contributed by atoms with Crippen LogP contribution in [0.2, 0.25) is 0 Å². The predicted octanol–water partition coefficient (Wildman–Crippen LogP) is 8.85. The number of unbranched alkanes of at least 4 members (excludes halogenated alkanes) is 10. The van der Waals surface area contributed by atoms with E-state index in [2.05, 4.69) is 62.5 Å². The average molecular weight is 726 g/mol. The number of quaternary nitrogens is 1. The molecule has 2 atom stereocenters. The van der Waals surface area contributed by atoms with Gasteiger partial charge < -0.3 is 28.6 Å². The summed E-state index contributed by atoms with van der Waals surface area (Å²) < 4.78 is 17.0. The molecule has 0 aromatic carbocycles. The summed E-state index contributed by atoms with van der Waals surface area (Å²) in [5, 5.41) is 11.6. The van der Waals surface area contributed by atoms with Crippen LogP contribution in [-0.2, 0) is 28.6 Å². The Morgan fingerprint density at radius 1 is 0.577 bits per heavy atom. The molecule has 0 aliphatic rings. The van der Waals surface area contributed by atoms with Crippen molar-refractivity contribution in [2.24, 2.45) is 0 Å². The van der Waals surface area contributed by atoms with Gasteiger partial charge in [-0.15, -0.1) is 0 Å². The van der Waals surface area contributed by atoms with E-state index in [0.717, 1.165) is 64.2 Å². The van der Waals surface area contributed by atoms with Crippen LogP contribution in [0, 0.1) is 0 Å². The van der Waals surface area contributed by atoms with Gasteiger partial charge in [0.15, 0.2) is 6.10 Å². The summed E-state index contributed by atoms with van der Waals surface area (Å²) >= 11 is 0. The second-order valence-electron chi connectivity index (χ2n) is 13.9. The van der Waals surface area contributed by atoms with Crippen molar-refractivity contribution in [3.05, 3.63) is 85.1 Å². The quantitative estimate of drug-likeness (QED) is 0.0288. The molecule has 294 valence electrons. The molecule has 0 fully saturated rings. The molecule has 0 radical (unpaired) electrons. The number of carboxylic acids is 1. The molecule has 0 saturated heterocycles. The lowest BCUT2D eigenvalue weighted by atomic mass is 10.1. The Labute approximate surface area is 316 Å². The Morgan fingerprint density at radius 3 is 1.52 bits per heavy atom. The van der Waals surface area contributed by atoms with Crippen molar-refractivity contribution in [1.29, 1.82) is 0 Å². The van der Waals surface area contributed by atoms with E-state index in [9.17, 15) is 19.5 Å². The number of aliphatic carboxylic acids is 1. The topological polar surface area (TPSA) is 102 Å². The van der Waals surface area contributed by atoms with Gasteiger partial charge in [0.1, 0.15) is 12.6 Å². The third-order valence-corrected chi connectivity index (χ3v) is 8.18. The highest BCUT2D eigenvalue weighted by molar-refractivity contribution is 5.70. The van der Waals surface area contributed by atoms with E-state index in [1.165, 1.54) is 19.3 Å². The fraction of sp³-hybridized carbons (Fsp3) is 0.614. The standard InChI is InChI=1S/C44H71NO7/c1-6-8-10-12-14-16-18-20-21-23-24-26-28-30-32-34-42(46)51-39-40(38-50-37-36-41(44(48)49)45(3,4)5)52-43(47)35-33-31-29-27-25-22-19-17-15-13-11-9-7-2/h8-19,22,25,40-41H,6-7,20-21,23-24,26-39H2,1-5H3/b10-8+,11-9+,14-12+,15-13+,18-16+,19-17+,25-22+. The number of hydrogen-bond acceptors (Lipinski definition) is 7. The zero-order valence-corrected chi connectivity index (χ0v) is 33.2. The number of likely N-dealkylation sites (N-methyl/N-ethyl adjacent to an activating group) is 1. The van der Waals surface area contributed by atoms with Crippen LogP contribution in [-0.4, -0.2) is 75.5 Å². The number of hydrogen-bond donors (Lipinski definition) is 0. The number of carbonyl (C=O) groups is 3. The number of esters is 2. The molecular formula is C44H71NO7. The van der Waals surface area contributed by atoms with Gasteiger partial charge in [0.05, 0.1) is 40.3 Å². The van der Waals surface area contributed by atoms with Crippen molar-refractivity contribution in [3.8, 4) is 0 Å². The molecule has 0 aromatic rings. The molecule has 0 aromatic heterocycles. The summed E-state index contributed by atoms with van der Waals surface area (Å²) in [7, 11) is 5.37. The van der Waals surface area contributed by atoms with Crippen LogP contribution >= 0.6 is 0 Å². The van der Waals surface area contributed by atoms with E-state index in [4.69, 9.17) is 14.2 Å². The predicted molar refractivity (Wildman–Crippen MR) is 212 cm³/mol. The van der Waals surface area contributed by atoms with Gasteiger partial charge in [-0.2, -0.15) is 0 Å². The lowest BCUT2D eigenvalue weighted by molar-refractivity contribution is -0.889. The largest absolute Gasteiger partial charge is 0.544 e. The van der Waals surface area contributed by atoms with Crippen molar-refractivity contribution in [2.75, 3.05) is 41.0 Å². The molecule has 0 bridgehead atoms. The van der Waals surface area contributed by atoms with Crippen LogP contribution < -0.4 is 5.11 Å². The lowest BCUT2D eigenvalue weighted by Gasteiger charge is -2.34. The average Bonchev–Trinajstić information content (AvgIpc) is 3.09. The first-order chi connectivity index (χ1) is 25.1. The van der Waals surface area contributed by atoms with Gasteiger partial charge in [0.25, 0.3) is 0 Å². The van der Waals surface area contributed by atoms with Gasteiger partial charge in [-0.05, 0) is 51.4 Å². The first kappa shape index (κ1) is 48.5. The van der Waals surface area contributed by atoms with Crippen LogP contribution in [0.5, 0.6) is 0 Å². The van der Waals surface area contributed by atoms with E-state index in [1.54, 1.807) is 21.1 Å². The first-order valence-electron chi connectivity index (χ1n) is 19.7. The Bertz CT molecular complexity index is 1120.